The van der Waals surface area contributed by atoms with Crippen molar-refractivity contribution < 1.29 is 42.5 Å². The number of aryl methyl sites for hydroxylation is 2. The number of nitrogens with zero attached hydrogens (tertiary/aromatic N) is 4. The molecule has 3 rings (SSSR count). The van der Waals surface area contributed by atoms with Gasteiger partial charge in [0, 0.05) is 0 Å². The van der Waals surface area contributed by atoms with Crippen molar-refractivity contribution in [3.8, 4) is 11.4 Å². The first-order chi connectivity index (χ1) is 12.5. The van der Waals surface area contributed by atoms with Gasteiger partial charge in [-0.1, -0.05) is 24.3 Å². The van der Waals surface area contributed by atoms with E-state index in [4.69, 9.17) is 9.92 Å². The van der Waals surface area contributed by atoms with Crippen LogP contribution in [-0.2, 0) is 11.4 Å². The Labute approximate surface area is 181 Å². The van der Waals surface area contributed by atoms with Crippen LogP contribution in [0.25, 0.3) is 5.69 Å². The minimum atomic E-state index is -2.71. The van der Waals surface area contributed by atoms with Crippen LogP contribution in [0.15, 0.2) is 58.8 Å². The number of hydrogen-bond donors (Lipinski definition) is 1. The van der Waals surface area contributed by atoms with Crippen LogP contribution in [0.1, 0.15) is 11.3 Å². The number of rotatable bonds is 5. The molecule has 0 bridgehead atoms. The first kappa shape index (κ1) is 21.3. The molecule has 0 aliphatic rings. The summed E-state index contributed by atoms with van der Waals surface area (Å²) in [7, 11) is 0. The van der Waals surface area contributed by atoms with E-state index in [9.17, 15) is 8.76 Å². The number of anilines is 1. The van der Waals surface area contributed by atoms with Gasteiger partial charge in [-0.2, -0.15) is 5.10 Å². The Kier molecular flexibility index (Phi) is 7.28. The van der Waals surface area contributed by atoms with Crippen LogP contribution in [0.5, 0.6) is 5.75 Å². The Morgan fingerprint density at radius 1 is 1.15 bits per heavy atom. The van der Waals surface area contributed by atoms with Gasteiger partial charge < -0.3 is 14.5 Å². The molecule has 2 N–H and O–H groups in total. The van der Waals surface area contributed by atoms with Crippen LogP contribution in [0.4, 0.5) is 17.2 Å². The molecule has 0 radical (unpaired) electrons. The minimum absolute atomic E-state index is 0. The van der Waals surface area contributed by atoms with Gasteiger partial charge in [0.1, 0.15) is 17.0 Å². The van der Waals surface area contributed by atoms with Crippen molar-refractivity contribution in [2.45, 2.75) is 13.8 Å². The average molecular weight is 393 g/mol. The summed E-state index contributed by atoms with van der Waals surface area (Å²) in [5, 5.41) is 12.6. The summed E-state index contributed by atoms with van der Waals surface area (Å²) in [5.41, 5.74) is 9.06. The van der Waals surface area contributed by atoms with E-state index in [0.717, 1.165) is 11.3 Å². The molecule has 3 aromatic rings. The maximum absolute atomic E-state index is 10.8. The second-order valence-corrected chi connectivity index (χ2v) is 6.10. The fourth-order valence-electron chi connectivity index (χ4n) is 2.37. The minimum Gasteiger partial charge on any atom is -0.740 e. The van der Waals surface area contributed by atoms with Crippen molar-refractivity contribution in [2.75, 3.05) is 5.73 Å². The third-order valence-corrected chi connectivity index (χ3v) is 3.91. The first-order valence-electron chi connectivity index (χ1n) is 7.66. The van der Waals surface area contributed by atoms with Crippen molar-refractivity contribution in [1.82, 2.24) is 9.78 Å². The average Bonchev–Trinajstić information content (AvgIpc) is 2.89. The molecule has 134 valence electrons. The molecule has 0 saturated carbocycles. The van der Waals surface area contributed by atoms with Crippen LogP contribution >= 0.6 is 0 Å². The fourth-order valence-corrected chi connectivity index (χ4v) is 2.65. The molecule has 27 heavy (non-hydrogen) atoms. The van der Waals surface area contributed by atoms with E-state index in [2.05, 4.69) is 15.3 Å². The number of aromatic nitrogens is 2. The van der Waals surface area contributed by atoms with Crippen molar-refractivity contribution in [3.05, 3.63) is 59.8 Å². The van der Waals surface area contributed by atoms with Gasteiger partial charge in [0.2, 0.25) is 0 Å². The summed E-state index contributed by atoms with van der Waals surface area (Å²) < 4.78 is 28.0. The molecular formula is C17H16N5NaO3S. The summed E-state index contributed by atoms with van der Waals surface area (Å²) in [6, 6.07) is 14.4. The van der Waals surface area contributed by atoms with Crippen molar-refractivity contribution in [2.24, 2.45) is 10.2 Å². The van der Waals surface area contributed by atoms with Gasteiger partial charge in [0.05, 0.1) is 11.4 Å². The summed E-state index contributed by atoms with van der Waals surface area (Å²) in [6.45, 7) is 3.58. The molecule has 2 aromatic carbocycles. The standard InChI is InChI=1S/C17H17N5O3S.Na/c1-11-8-9-14(15(10-11)25-26(23)24)19-20-16-12(2)21-22(17(16)18)13-6-4-3-5-7-13;/h3-10H,18H2,1-2H3,(H,23,24);/q;+1/p-1. The zero-order valence-electron chi connectivity index (χ0n) is 15.1. The molecule has 0 saturated heterocycles. The normalized spacial score (nSPS) is 12.0. The predicted molar refractivity (Wildman–Crippen MR) is 97.6 cm³/mol. The predicted octanol–water partition coefficient (Wildman–Crippen LogP) is 0.664. The Morgan fingerprint density at radius 3 is 2.52 bits per heavy atom. The molecule has 1 atom stereocenters. The molecule has 0 fully saturated rings. The van der Waals surface area contributed by atoms with E-state index in [-0.39, 0.29) is 41.0 Å². The number of hydrogen-bond acceptors (Lipinski definition) is 7. The Bertz CT molecular complexity index is 992. The van der Waals surface area contributed by atoms with Crippen LogP contribution in [0.2, 0.25) is 0 Å². The largest absolute Gasteiger partial charge is 1.00 e. The van der Waals surface area contributed by atoms with E-state index in [0.29, 0.717) is 17.2 Å². The van der Waals surface area contributed by atoms with E-state index in [1.165, 1.54) is 0 Å². The molecule has 10 heteroatoms. The maximum atomic E-state index is 10.8. The van der Waals surface area contributed by atoms with Crippen LogP contribution in [-0.4, -0.2) is 18.5 Å². The van der Waals surface area contributed by atoms with Gasteiger partial charge in [-0.15, -0.1) is 10.2 Å². The molecule has 1 aromatic heterocycles. The number of benzene rings is 2. The zero-order chi connectivity index (χ0) is 18.7. The number of nitrogens with two attached hydrogens (primary N) is 1. The van der Waals surface area contributed by atoms with E-state index < -0.39 is 11.4 Å². The summed E-state index contributed by atoms with van der Waals surface area (Å²) in [6.07, 6.45) is 0. The van der Waals surface area contributed by atoms with Gasteiger partial charge in [0.25, 0.3) is 0 Å². The maximum Gasteiger partial charge on any atom is 1.00 e. The molecule has 1 unspecified atom stereocenters. The molecule has 0 aliphatic heterocycles. The van der Waals surface area contributed by atoms with E-state index in [1.54, 1.807) is 29.8 Å². The fraction of sp³-hybridized carbons (Fsp3) is 0.118. The van der Waals surface area contributed by atoms with Crippen LogP contribution in [0, 0.1) is 13.8 Å². The van der Waals surface area contributed by atoms with Crippen molar-refractivity contribution >= 4 is 28.6 Å². The topological polar surface area (TPSA) is 118 Å². The summed E-state index contributed by atoms with van der Waals surface area (Å²) >= 11 is -2.71. The van der Waals surface area contributed by atoms with Crippen LogP contribution in [0.3, 0.4) is 0 Å². The zero-order valence-corrected chi connectivity index (χ0v) is 17.9. The molecule has 1 heterocycles. The Hall–Kier alpha value is -2.04. The molecule has 0 spiro atoms. The summed E-state index contributed by atoms with van der Waals surface area (Å²) in [5.74, 6) is 0.424. The van der Waals surface area contributed by atoms with Gasteiger partial charge in [0.15, 0.2) is 17.3 Å². The van der Waals surface area contributed by atoms with Crippen molar-refractivity contribution in [1.29, 1.82) is 0 Å². The van der Waals surface area contributed by atoms with Gasteiger partial charge in [-0.3, -0.25) is 0 Å². The van der Waals surface area contributed by atoms with Crippen LogP contribution < -0.4 is 39.5 Å². The number of para-hydroxylation sites is 1. The number of azo groups is 1. The van der Waals surface area contributed by atoms with Crippen molar-refractivity contribution in [3.63, 3.8) is 0 Å². The third kappa shape index (κ3) is 5.02. The smallest absolute Gasteiger partial charge is 0.740 e. The molecular weight excluding hydrogens is 377 g/mol. The monoisotopic (exact) mass is 393 g/mol. The Balaban J connectivity index is 0.00000261. The van der Waals surface area contributed by atoms with Gasteiger partial charge >= 0.3 is 29.6 Å². The first-order valence-corrected chi connectivity index (χ1v) is 8.66. The quantitative estimate of drug-likeness (QED) is 0.388. The van der Waals surface area contributed by atoms with E-state index in [1.807, 2.05) is 37.3 Å². The molecule has 0 amide bonds. The third-order valence-electron chi connectivity index (χ3n) is 3.60. The summed E-state index contributed by atoms with van der Waals surface area (Å²) in [4.78, 5) is 0. The van der Waals surface area contributed by atoms with Gasteiger partial charge in [-0.05, 0) is 43.7 Å². The SMILES string of the molecule is Cc1ccc(N=Nc2c(C)nn(-c3ccccc3)c2N)c(OS(=O)[O-])c1.[Na+]. The number of nitrogen functional groups attached to an aromatic ring is 1. The molecule has 0 aliphatic carbocycles. The second kappa shape index (κ2) is 9.25. The molecule has 8 nitrogen and oxygen atoms in total. The Morgan fingerprint density at radius 2 is 1.85 bits per heavy atom. The second-order valence-electron chi connectivity index (χ2n) is 5.53. The van der Waals surface area contributed by atoms with E-state index >= 15 is 0 Å². The van der Waals surface area contributed by atoms with Gasteiger partial charge in [-0.25, -0.2) is 8.89 Å².